The van der Waals surface area contributed by atoms with Crippen molar-refractivity contribution in [1.29, 1.82) is 0 Å². The number of nitrogens with zero attached hydrogens (tertiary/aromatic N) is 1. The smallest absolute Gasteiger partial charge is 0.134 e. The standard InChI is InChI=1S/C15H15ClF2N2/c1-3-19-15(14-10(16)5-4-8-20-14)12-11(17)7-6-9(2)13(12)18/h4-8,15,19H,3H2,1-2H3. The third-order valence-corrected chi connectivity index (χ3v) is 3.40. The summed E-state index contributed by atoms with van der Waals surface area (Å²) in [6.07, 6.45) is 1.55. The van der Waals surface area contributed by atoms with E-state index in [1.165, 1.54) is 12.1 Å². The van der Waals surface area contributed by atoms with Crippen LogP contribution in [0.4, 0.5) is 8.78 Å². The molecule has 0 saturated heterocycles. The summed E-state index contributed by atoms with van der Waals surface area (Å²) in [5, 5.41) is 3.41. The average molecular weight is 297 g/mol. The molecule has 0 bridgehead atoms. The van der Waals surface area contributed by atoms with Gasteiger partial charge in [-0.05, 0) is 37.2 Å². The van der Waals surface area contributed by atoms with Gasteiger partial charge in [-0.3, -0.25) is 4.98 Å². The second kappa shape index (κ2) is 6.29. The molecule has 0 fully saturated rings. The Bertz CT molecular complexity index is 617. The van der Waals surface area contributed by atoms with Crippen molar-refractivity contribution in [1.82, 2.24) is 10.3 Å². The SMILES string of the molecule is CCNC(c1ncccc1Cl)c1c(F)ccc(C)c1F. The van der Waals surface area contributed by atoms with Gasteiger partial charge in [0, 0.05) is 11.8 Å². The van der Waals surface area contributed by atoms with E-state index in [9.17, 15) is 8.78 Å². The zero-order chi connectivity index (χ0) is 14.7. The zero-order valence-electron chi connectivity index (χ0n) is 11.3. The van der Waals surface area contributed by atoms with Crippen LogP contribution >= 0.6 is 11.6 Å². The van der Waals surface area contributed by atoms with Gasteiger partial charge in [-0.1, -0.05) is 24.6 Å². The lowest BCUT2D eigenvalue weighted by Gasteiger charge is -2.20. The van der Waals surface area contributed by atoms with Crippen molar-refractivity contribution < 1.29 is 8.78 Å². The summed E-state index contributed by atoms with van der Waals surface area (Å²) in [6, 6.07) is 5.29. The molecule has 1 heterocycles. The van der Waals surface area contributed by atoms with Crippen LogP contribution < -0.4 is 5.32 Å². The molecule has 2 rings (SSSR count). The quantitative estimate of drug-likeness (QED) is 0.922. The number of pyridine rings is 1. The summed E-state index contributed by atoms with van der Waals surface area (Å²) in [4.78, 5) is 4.16. The lowest BCUT2D eigenvalue weighted by atomic mass is 9.99. The van der Waals surface area contributed by atoms with E-state index in [1.54, 1.807) is 25.3 Å². The molecular weight excluding hydrogens is 282 g/mol. The van der Waals surface area contributed by atoms with E-state index in [4.69, 9.17) is 11.6 Å². The molecule has 1 unspecified atom stereocenters. The molecule has 1 N–H and O–H groups in total. The normalized spacial score (nSPS) is 12.4. The molecule has 1 aromatic heterocycles. The van der Waals surface area contributed by atoms with Crippen LogP contribution in [0.2, 0.25) is 5.02 Å². The molecule has 2 nitrogen and oxygen atoms in total. The monoisotopic (exact) mass is 296 g/mol. The Morgan fingerprint density at radius 1 is 1.30 bits per heavy atom. The molecule has 5 heteroatoms. The van der Waals surface area contributed by atoms with Crippen molar-refractivity contribution in [2.75, 3.05) is 6.54 Å². The fourth-order valence-corrected chi connectivity index (χ4v) is 2.32. The van der Waals surface area contributed by atoms with E-state index in [-0.39, 0.29) is 5.56 Å². The Morgan fingerprint density at radius 3 is 2.70 bits per heavy atom. The minimum atomic E-state index is -0.714. The lowest BCUT2D eigenvalue weighted by molar-refractivity contribution is 0.501. The van der Waals surface area contributed by atoms with Crippen molar-refractivity contribution in [3.8, 4) is 0 Å². The van der Waals surface area contributed by atoms with Crippen LogP contribution in [0.15, 0.2) is 30.5 Å². The van der Waals surface area contributed by atoms with Crippen molar-refractivity contribution in [2.24, 2.45) is 0 Å². The van der Waals surface area contributed by atoms with Crippen molar-refractivity contribution in [2.45, 2.75) is 19.9 Å². The maximum atomic E-state index is 14.3. The predicted octanol–water partition coefficient (Wildman–Crippen LogP) is 4.02. The van der Waals surface area contributed by atoms with Crippen molar-refractivity contribution >= 4 is 11.6 Å². The molecular formula is C15H15ClF2N2. The molecule has 0 spiro atoms. The van der Waals surface area contributed by atoms with Crippen LogP contribution in [0, 0.1) is 18.6 Å². The first-order valence-electron chi connectivity index (χ1n) is 6.34. The number of nitrogens with one attached hydrogen (secondary N) is 1. The topological polar surface area (TPSA) is 24.9 Å². The fraction of sp³-hybridized carbons (Fsp3) is 0.267. The summed E-state index contributed by atoms with van der Waals surface area (Å²) >= 11 is 6.10. The minimum Gasteiger partial charge on any atom is -0.305 e. The van der Waals surface area contributed by atoms with Gasteiger partial charge in [0.05, 0.1) is 16.8 Å². The fourth-order valence-electron chi connectivity index (χ4n) is 2.09. The van der Waals surface area contributed by atoms with Crippen LogP contribution in [-0.2, 0) is 0 Å². The molecule has 106 valence electrons. The number of halogens is 3. The first kappa shape index (κ1) is 14.9. The van der Waals surface area contributed by atoms with E-state index >= 15 is 0 Å². The van der Waals surface area contributed by atoms with Crippen LogP contribution in [0.3, 0.4) is 0 Å². The highest BCUT2D eigenvalue weighted by Gasteiger charge is 2.25. The summed E-state index contributed by atoms with van der Waals surface area (Å²) in [5.74, 6) is -1.18. The maximum Gasteiger partial charge on any atom is 0.134 e. The van der Waals surface area contributed by atoms with E-state index < -0.39 is 17.7 Å². The molecule has 0 amide bonds. The predicted molar refractivity (Wildman–Crippen MR) is 75.9 cm³/mol. The Labute approximate surface area is 121 Å². The lowest BCUT2D eigenvalue weighted by Crippen LogP contribution is -2.25. The van der Waals surface area contributed by atoms with Crippen molar-refractivity contribution in [3.63, 3.8) is 0 Å². The second-order valence-electron chi connectivity index (χ2n) is 4.45. The number of hydrogen-bond acceptors (Lipinski definition) is 2. The summed E-state index contributed by atoms with van der Waals surface area (Å²) in [7, 11) is 0. The Hall–Kier alpha value is -1.52. The van der Waals surface area contributed by atoms with E-state index in [0.29, 0.717) is 22.8 Å². The largest absolute Gasteiger partial charge is 0.305 e. The molecule has 20 heavy (non-hydrogen) atoms. The molecule has 0 saturated carbocycles. The van der Waals surface area contributed by atoms with Crippen LogP contribution in [-0.4, -0.2) is 11.5 Å². The summed E-state index contributed by atoms with van der Waals surface area (Å²) in [6.45, 7) is 3.99. The van der Waals surface area contributed by atoms with Gasteiger partial charge in [0.1, 0.15) is 11.6 Å². The second-order valence-corrected chi connectivity index (χ2v) is 4.86. The molecule has 0 radical (unpaired) electrons. The minimum absolute atomic E-state index is 0.0487. The van der Waals surface area contributed by atoms with E-state index in [0.717, 1.165) is 0 Å². The van der Waals surface area contributed by atoms with E-state index in [1.807, 2.05) is 6.92 Å². The van der Waals surface area contributed by atoms with Gasteiger partial charge < -0.3 is 5.32 Å². The first-order valence-corrected chi connectivity index (χ1v) is 6.72. The van der Waals surface area contributed by atoms with Gasteiger partial charge >= 0.3 is 0 Å². The number of aryl methyl sites for hydroxylation is 1. The summed E-state index contributed by atoms with van der Waals surface area (Å²) in [5.41, 5.74) is 0.753. The molecule has 1 atom stereocenters. The van der Waals surface area contributed by atoms with Gasteiger partial charge in [-0.15, -0.1) is 0 Å². The van der Waals surface area contributed by atoms with Gasteiger partial charge in [-0.25, -0.2) is 8.78 Å². The number of aromatic nitrogens is 1. The molecule has 0 aliphatic carbocycles. The van der Waals surface area contributed by atoms with Crippen LogP contribution in [0.5, 0.6) is 0 Å². The highest BCUT2D eigenvalue weighted by molar-refractivity contribution is 6.31. The van der Waals surface area contributed by atoms with Crippen LogP contribution in [0.25, 0.3) is 0 Å². The highest BCUT2D eigenvalue weighted by Crippen LogP contribution is 2.30. The number of benzene rings is 1. The third kappa shape index (κ3) is 2.81. The Balaban J connectivity index is 2.61. The molecule has 0 aliphatic rings. The third-order valence-electron chi connectivity index (χ3n) is 3.08. The number of rotatable bonds is 4. The van der Waals surface area contributed by atoms with Gasteiger partial charge in [0.15, 0.2) is 0 Å². The zero-order valence-corrected chi connectivity index (χ0v) is 12.0. The van der Waals surface area contributed by atoms with Gasteiger partial charge in [0.2, 0.25) is 0 Å². The molecule has 1 aromatic carbocycles. The van der Waals surface area contributed by atoms with Gasteiger partial charge in [-0.2, -0.15) is 0 Å². The summed E-state index contributed by atoms with van der Waals surface area (Å²) < 4.78 is 28.4. The van der Waals surface area contributed by atoms with Crippen molar-refractivity contribution in [3.05, 3.63) is 63.9 Å². The number of hydrogen-bond donors (Lipinski definition) is 1. The van der Waals surface area contributed by atoms with Crippen LogP contribution in [0.1, 0.15) is 29.8 Å². The Morgan fingerprint density at radius 2 is 2.05 bits per heavy atom. The molecule has 2 aromatic rings. The average Bonchev–Trinajstić information content (AvgIpc) is 2.43. The Kier molecular flexibility index (Phi) is 4.68. The maximum absolute atomic E-state index is 14.3. The molecule has 0 aliphatic heterocycles. The first-order chi connectivity index (χ1) is 9.56. The van der Waals surface area contributed by atoms with Gasteiger partial charge in [0.25, 0.3) is 0 Å². The highest BCUT2D eigenvalue weighted by atomic mass is 35.5. The van der Waals surface area contributed by atoms with E-state index in [2.05, 4.69) is 10.3 Å².